The van der Waals surface area contributed by atoms with Gasteiger partial charge in [0.05, 0.1) is 56.4 Å². The van der Waals surface area contributed by atoms with Crippen molar-refractivity contribution in [2.75, 3.05) is 169 Å². The van der Waals surface area contributed by atoms with Gasteiger partial charge >= 0.3 is 24.1 Å². The van der Waals surface area contributed by atoms with E-state index in [4.69, 9.17) is 43.9 Å². The van der Waals surface area contributed by atoms with Crippen LogP contribution in [-0.2, 0) is 62.3 Å². The lowest BCUT2D eigenvalue weighted by atomic mass is 9.69. The summed E-state index contributed by atoms with van der Waals surface area (Å²) >= 11 is 12.3. The molecule has 9 aliphatic heterocycles. The highest BCUT2D eigenvalue weighted by Crippen LogP contribution is 2.55. The third-order valence-corrected chi connectivity index (χ3v) is 28.5. The highest BCUT2D eigenvalue weighted by atomic mass is 79.9. The number of nitrogens with zero attached hydrogens (tertiary/aromatic N) is 17. The van der Waals surface area contributed by atoms with E-state index in [1.807, 2.05) is 59.4 Å². The van der Waals surface area contributed by atoms with Gasteiger partial charge in [0.2, 0.25) is 0 Å². The number of urea groups is 4. The van der Waals surface area contributed by atoms with Crippen molar-refractivity contribution in [3.63, 3.8) is 0 Å². The zero-order valence-electron chi connectivity index (χ0n) is 77.4. The second-order valence-corrected chi connectivity index (χ2v) is 38.3. The second kappa shape index (κ2) is 49.6. The first-order valence-corrected chi connectivity index (χ1v) is 49.0. The first kappa shape index (κ1) is 101. The van der Waals surface area contributed by atoms with Crippen molar-refractivity contribution in [1.29, 1.82) is 0 Å². The van der Waals surface area contributed by atoms with Crippen molar-refractivity contribution in [3.05, 3.63) is 173 Å². The van der Waals surface area contributed by atoms with Crippen LogP contribution in [0.4, 0.5) is 36.6 Å². The number of halogens is 3. The van der Waals surface area contributed by atoms with Crippen molar-refractivity contribution in [2.45, 2.75) is 157 Å². The summed E-state index contributed by atoms with van der Waals surface area (Å²) in [6, 6.07) is 30.6. The van der Waals surface area contributed by atoms with Crippen LogP contribution in [0, 0.1) is 36.3 Å². The Balaban J connectivity index is 0.000000141. The van der Waals surface area contributed by atoms with Crippen molar-refractivity contribution >= 4 is 96.9 Å². The monoisotopic (exact) mass is 1960 g/mol. The van der Waals surface area contributed by atoms with E-state index in [0.29, 0.717) is 87.8 Å². The Kier molecular flexibility index (Phi) is 38.0. The fraction of sp³-hybridized carbons (Fsp3) is 0.583. The number of aryl methyl sites for hydroxylation is 2. The lowest BCUT2D eigenvalue weighted by Gasteiger charge is -2.43. The molecule has 19 rings (SSSR count). The fourth-order valence-corrected chi connectivity index (χ4v) is 20.1. The molecule has 12 aliphatic rings. The van der Waals surface area contributed by atoms with Crippen LogP contribution >= 0.6 is 43.5 Å². The number of nitrogens with one attached hydrogen (secondary N) is 6. The maximum atomic E-state index is 12.6. The third kappa shape index (κ3) is 28.5. The largest absolute Gasteiger partial charge is 0.384 e. The normalized spacial score (nSPS) is 20.6. The zero-order valence-corrected chi connectivity index (χ0v) is 81.3. The number of hydrogen-bond acceptors (Lipinski definition) is 21. The molecule has 3 aliphatic carbocycles. The number of benzene rings is 3. The number of methoxy groups -OCH3 is 4. The Bertz CT molecular complexity index is 4920. The predicted octanol–water partition coefficient (Wildman–Crippen LogP) is 13.1. The summed E-state index contributed by atoms with van der Waals surface area (Å²) in [5, 5.41) is 28.3. The summed E-state index contributed by atoms with van der Waals surface area (Å²) in [4.78, 5) is 110. The molecule has 12 fully saturated rings. The van der Waals surface area contributed by atoms with Gasteiger partial charge in [-0.2, -0.15) is 10.2 Å². The molecule has 36 heteroatoms. The number of carbonyl (C=O) groups excluding carboxylic acids is 6. The molecule has 10 amide bonds. The molecule has 33 nitrogen and oxygen atoms in total. The molecule has 3 saturated carbocycles. The number of rotatable bonds is 23. The molecule has 9 saturated heterocycles. The minimum absolute atomic E-state index is 0.0239. The van der Waals surface area contributed by atoms with E-state index in [2.05, 4.69) is 178 Å². The molecular formula is C96H132Br2ClN23O10. The number of alkyl halides is 2. The maximum absolute atomic E-state index is 12.6. The molecular weight excluding hydrogens is 1830 g/mol. The number of anilines is 1. The first-order chi connectivity index (χ1) is 64.0. The Morgan fingerprint density at radius 3 is 1.39 bits per heavy atom. The van der Waals surface area contributed by atoms with E-state index in [-0.39, 0.29) is 58.0 Å². The summed E-state index contributed by atoms with van der Waals surface area (Å²) in [5.74, 6) is 4.25. The zero-order chi connectivity index (χ0) is 93.5. The van der Waals surface area contributed by atoms with Crippen molar-refractivity contribution in [3.8, 4) is 22.5 Å². The van der Waals surface area contributed by atoms with E-state index in [1.54, 1.807) is 69.6 Å². The predicted molar refractivity (Wildman–Crippen MR) is 515 cm³/mol. The molecule has 7 aromatic rings. The molecule has 1 unspecified atom stereocenters. The Hall–Kier alpha value is -9.63. The van der Waals surface area contributed by atoms with E-state index >= 15 is 0 Å². The summed E-state index contributed by atoms with van der Waals surface area (Å²) in [6.45, 7) is 32.3. The van der Waals surface area contributed by atoms with Gasteiger partial charge in [-0.25, -0.2) is 29.1 Å². The van der Waals surface area contributed by atoms with Crippen molar-refractivity contribution in [2.24, 2.45) is 37.3 Å². The van der Waals surface area contributed by atoms with Crippen molar-refractivity contribution in [1.82, 2.24) is 101 Å². The van der Waals surface area contributed by atoms with Gasteiger partial charge in [-0.3, -0.25) is 43.9 Å². The summed E-state index contributed by atoms with van der Waals surface area (Å²) < 4.78 is 23.1. The quantitative estimate of drug-likeness (QED) is 0.0197. The lowest BCUT2D eigenvalue weighted by molar-refractivity contribution is -0.133. The average molecular weight is 1960 g/mol. The summed E-state index contributed by atoms with van der Waals surface area (Å²) in [7, 11) is 10.2. The topological polar surface area (TPSA) is 330 Å². The van der Waals surface area contributed by atoms with E-state index in [1.165, 1.54) is 97.3 Å². The van der Waals surface area contributed by atoms with Gasteiger partial charge in [0.25, 0.3) is 23.5 Å². The number of hydrogen-bond donors (Lipinski definition) is 6. The maximum Gasteiger partial charge on any atom is 0.325 e. The Morgan fingerprint density at radius 1 is 0.500 bits per heavy atom. The highest BCUT2D eigenvalue weighted by molar-refractivity contribution is 9.09. The first-order valence-electron chi connectivity index (χ1n) is 46.4. The number of aromatic nitrogens is 8. The average Bonchev–Trinajstić information content (AvgIpc) is 1.61. The molecule has 0 radical (unpaired) electrons. The van der Waals surface area contributed by atoms with Crippen LogP contribution in [0.15, 0.2) is 128 Å². The van der Waals surface area contributed by atoms with E-state index in [0.717, 1.165) is 170 Å². The van der Waals surface area contributed by atoms with Gasteiger partial charge in [0.15, 0.2) is 23.4 Å². The van der Waals surface area contributed by atoms with E-state index in [9.17, 15) is 28.8 Å². The standard InChI is InChI=1S/C22H28N6.C17H23N3O3.C17H25N3O2.C14H17N3O2.C10H19N3O2.C9H6ClN5.C4H7Br.C3H7BrO/c1-23-21-20(17-13-25-27(2)15-17)26-19(14-24-21)28-10-8-22(9-11-28)7-3-4-18(22)12-16-5-6-16;1-23-12-11-20-15(21)17(18-16(20)22)7-9-19(10-8-17)13-14-5-3-2-4-6-14;1-22-12-11-20-14-17(18-16(20)21)7-9-19(10-8-17)13-15-5-3-2-4-6-15;18-12-14(16-13(19)15-12)6-8-17(9-7-14)10-11-4-2-1-3-5-11;1-15-7-6-13-8-10(12-9(13)14)2-4-11-5-3-10;1-11-9-8(14-7(10)4-12-9)6-3-13-15(2)5-6;5-3-4-1-2-4;1-5-3-2-4/h13-16,18H,3-12H2,2H3;2-6H,7-13H2,1H3,(H,18,22);2-6H,7-14H2,1H3,(H,18,21);1-5H,6-10H2,(H2,15,16,18,19);11H,2-8H2,1H3,(H,12,14);3-5H,2H3;4H,1-3H2;2-3H2,1H3. The summed E-state index contributed by atoms with van der Waals surface area (Å²) in [6.07, 6.45) is 31.1. The van der Waals surface area contributed by atoms with E-state index < -0.39 is 11.1 Å². The third-order valence-electron chi connectivity index (χ3n) is 27.1. The molecule has 5 spiro atoms. The van der Waals surface area contributed by atoms with Crippen LogP contribution < -0.4 is 36.8 Å². The van der Waals surface area contributed by atoms with Gasteiger partial charge in [-0.15, -0.1) is 9.97 Å². The number of piperidine rings is 5. The molecule has 13 heterocycles. The van der Waals surface area contributed by atoms with Crippen LogP contribution in [0.2, 0.25) is 5.15 Å². The van der Waals surface area contributed by atoms with Crippen molar-refractivity contribution < 1.29 is 47.7 Å². The molecule has 1 atom stereocenters. The van der Waals surface area contributed by atoms with Gasteiger partial charge in [-0.1, -0.05) is 167 Å². The van der Waals surface area contributed by atoms with Gasteiger partial charge in [-0.05, 0) is 149 Å². The molecule has 132 heavy (non-hydrogen) atoms. The fourth-order valence-electron chi connectivity index (χ4n) is 19.0. The highest BCUT2D eigenvalue weighted by Gasteiger charge is 2.53. The number of ether oxygens (including phenoxy) is 4. The SMILES string of the molecule is BrCC1CC1.COCCBr.COCCN1C(=O)NC2(CCN(Cc3ccccc3)CC2)C1=O.COCCN1CC2(CCN(Cc3ccccc3)CC2)NC1=O.COCCN1CC2(CCNCC2)NC1=O.O=C1NC(=O)C2(CCN(Cc3ccccc3)CC2)N1.[C-]#[N+]c1ncc(Cl)nc1-c1cnn(C)c1.[C-]#[N+]c1ncc(N2CCC3(CCCC3CC3CC3)CC2)nc1-c1cnn(C)c1. The van der Waals surface area contributed by atoms with Crippen LogP contribution in [0.3, 0.4) is 0 Å². The van der Waals surface area contributed by atoms with Crippen LogP contribution in [0.1, 0.15) is 132 Å². The molecule has 712 valence electrons. The Labute approximate surface area is 798 Å². The van der Waals surface area contributed by atoms with Crippen LogP contribution in [0.5, 0.6) is 0 Å². The Morgan fingerprint density at radius 2 is 0.962 bits per heavy atom. The van der Waals surface area contributed by atoms with Gasteiger partial charge < -0.3 is 69.9 Å². The molecule has 0 bridgehead atoms. The van der Waals surface area contributed by atoms with Gasteiger partial charge in [0.1, 0.15) is 22.5 Å². The van der Waals surface area contributed by atoms with Crippen LogP contribution in [0.25, 0.3) is 32.2 Å². The number of likely N-dealkylation sites (tertiary alicyclic amines) is 3. The molecule has 6 N–H and O–H groups in total. The second-order valence-electron chi connectivity index (χ2n) is 36.4. The van der Waals surface area contributed by atoms with Crippen LogP contribution in [-0.4, -0.2) is 291 Å². The number of imide groups is 2. The summed E-state index contributed by atoms with van der Waals surface area (Å²) in [5.41, 5.74) is 5.81. The molecule has 4 aromatic heterocycles. The molecule has 3 aromatic carbocycles. The number of amides is 10. The minimum atomic E-state index is -0.710. The lowest BCUT2D eigenvalue weighted by Crippen LogP contribution is -2.54. The number of carbonyl (C=O) groups is 6. The minimum Gasteiger partial charge on any atom is -0.384 e. The van der Waals surface area contributed by atoms with Gasteiger partial charge in [0, 0.05) is 175 Å². The smallest absolute Gasteiger partial charge is 0.325 e.